The highest BCUT2D eigenvalue weighted by molar-refractivity contribution is 9.18. The van der Waals surface area contributed by atoms with Crippen LogP contribution in [0.25, 0.3) is 0 Å². The molecule has 0 atom stereocenters. The van der Waals surface area contributed by atoms with Crippen molar-refractivity contribution in [3.63, 3.8) is 0 Å². The minimum absolute atomic E-state index is 0.716. The number of halogens is 10. The monoisotopic (exact) mass is 953 g/mol. The number of hydrogen-bond donors (Lipinski definition) is 0. The van der Waals surface area contributed by atoms with Crippen molar-refractivity contribution in [1.29, 1.82) is 0 Å². The van der Waals surface area contributed by atoms with Crippen LogP contribution in [0.1, 0.15) is 0 Å². The van der Waals surface area contributed by atoms with E-state index in [1.165, 1.54) is 0 Å². The van der Waals surface area contributed by atoms with Crippen LogP contribution in [0.15, 0.2) is 58.4 Å². The van der Waals surface area contributed by atoms with Crippen LogP contribution in [0.3, 0.4) is 0 Å². The highest BCUT2D eigenvalue weighted by atomic mass is 79.9. The van der Waals surface area contributed by atoms with Crippen LogP contribution in [0.5, 0.6) is 0 Å². The maximum atomic E-state index is 5.45. The SMILES string of the molecule is Br/C=C(Br)/C(Br)=C(Br)\C(Br)=C\O/C=C(Br)/C(Br)=C(Br)\C(Br)=C\Br. The van der Waals surface area contributed by atoms with E-state index in [1.54, 1.807) is 22.5 Å². The first-order chi connectivity index (χ1) is 10.7. The third kappa shape index (κ3) is 9.69. The summed E-state index contributed by atoms with van der Waals surface area (Å²) in [6.45, 7) is 0. The molecule has 0 unspecified atom stereocenters. The van der Waals surface area contributed by atoms with Gasteiger partial charge < -0.3 is 4.74 Å². The van der Waals surface area contributed by atoms with Gasteiger partial charge in [0, 0.05) is 17.9 Å². The third-order valence-electron chi connectivity index (χ3n) is 1.76. The molecule has 0 aliphatic carbocycles. The minimum Gasteiger partial charge on any atom is -0.470 e. The molecule has 0 bridgehead atoms. The lowest BCUT2D eigenvalue weighted by atomic mass is 10.4. The molecular weight excluding hydrogens is 959 g/mol. The zero-order valence-electron chi connectivity index (χ0n) is 10.5. The van der Waals surface area contributed by atoms with Gasteiger partial charge in [0.2, 0.25) is 0 Å². The lowest BCUT2D eigenvalue weighted by Crippen LogP contribution is -1.82. The van der Waals surface area contributed by atoms with Crippen molar-refractivity contribution >= 4 is 159 Å². The van der Waals surface area contributed by atoms with Crippen LogP contribution >= 0.6 is 159 Å². The molecule has 0 spiro atoms. The van der Waals surface area contributed by atoms with E-state index in [0.29, 0.717) is 8.96 Å². The molecule has 11 heteroatoms. The average Bonchev–Trinajstić information content (AvgIpc) is 2.56. The van der Waals surface area contributed by atoms with Crippen molar-refractivity contribution in [2.45, 2.75) is 0 Å². The Bertz CT molecular complexity index is 570. The van der Waals surface area contributed by atoms with Crippen LogP contribution in [-0.4, -0.2) is 0 Å². The molecule has 0 fully saturated rings. The second-order valence-electron chi connectivity index (χ2n) is 3.24. The van der Waals surface area contributed by atoms with E-state index >= 15 is 0 Å². The topological polar surface area (TPSA) is 9.23 Å². The van der Waals surface area contributed by atoms with Crippen molar-refractivity contribution in [1.82, 2.24) is 0 Å². The van der Waals surface area contributed by atoms with Gasteiger partial charge >= 0.3 is 0 Å². The van der Waals surface area contributed by atoms with Crippen LogP contribution in [0.2, 0.25) is 0 Å². The van der Waals surface area contributed by atoms with Gasteiger partial charge in [0.1, 0.15) is 12.5 Å². The molecule has 1 nitrogen and oxygen atoms in total. The van der Waals surface area contributed by atoms with Crippen molar-refractivity contribution in [3.05, 3.63) is 58.4 Å². The zero-order chi connectivity index (χ0) is 18.2. The van der Waals surface area contributed by atoms with E-state index in [4.69, 9.17) is 4.74 Å². The van der Waals surface area contributed by atoms with Gasteiger partial charge in [-0.15, -0.1) is 0 Å². The van der Waals surface area contributed by atoms with Crippen molar-refractivity contribution in [2.24, 2.45) is 0 Å². The van der Waals surface area contributed by atoms with Crippen molar-refractivity contribution in [3.8, 4) is 0 Å². The van der Waals surface area contributed by atoms with Gasteiger partial charge in [0.15, 0.2) is 0 Å². The van der Waals surface area contributed by atoms with E-state index in [1.807, 2.05) is 0 Å². The fraction of sp³-hybridized carbons (Fsp3) is 0. The van der Waals surface area contributed by atoms with Crippen LogP contribution in [0, 0.1) is 0 Å². The lowest BCUT2D eigenvalue weighted by Gasteiger charge is -2.04. The molecule has 23 heavy (non-hydrogen) atoms. The van der Waals surface area contributed by atoms with Gasteiger partial charge in [-0.2, -0.15) is 0 Å². The third-order valence-corrected chi connectivity index (χ3v) is 12.8. The summed E-state index contributed by atoms with van der Waals surface area (Å²) >= 11 is 34.0. The van der Waals surface area contributed by atoms with E-state index < -0.39 is 0 Å². The summed E-state index contributed by atoms with van der Waals surface area (Å²) in [7, 11) is 0. The average molecular weight is 963 g/mol. The van der Waals surface area contributed by atoms with Gasteiger partial charge in [0.25, 0.3) is 0 Å². The van der Waals surface area contributed by atoms with Gasteiger partial charge in [-0.25, -0.2) is 0 Å². The standard InChI is InChI=1S/C12H4Br10O/c13-1-5(15)9(19)11(21)7(17)3-23-4-8(18)12(22)10(20)6(16)2-14/h1-4H/b5-1-,6-2-,7-3-,8-4-,11-9-,12-10-. The summed E-state index contributed by atoms with van der Waals surface area (Å²) in [5.74, 6) is 0. The van der Waals surface area contributed by atoms with Gasteiger partial charge in [-0.3, -0.25) is 0 Å². The maximum absolute atomic E-state index is 5.45. The summed E-state index contributed by atoms with van der Waals surface area (Å²) < 4.78 is 11.8. The molecule has 0 aromatic heterocycles. The largest absolute Gasteiger partial charge is 0.470 e. The Hall–Kier alpha value is 3.04. The molecule has 0 heterocycles. The Morgan fingerprint density at radius 1 is 0.478 bits per heavy atom. The molecule has 128 valence electrons. The maximum Gasteiger partial charge on any atom is 0.106 e. The van der Waals surface area contributed by atoms with E-state index in [9.17, 15) is 0 Å². The molecule has 0 amide bonds. The first-order valence-corrected chi connectivity index (χ1v) is 13.2. The van der Waals surface area contributed by atoms with E-state index in [-0.39, 0.29) is 0 Å². The molecule has 0 N–H and O–H groups in total. The Labute approximate surface area is 218 Å². The highest BCUT2D eigenvalue weighted by Crippen LogP contribution is 2.38. The molecule has 0 saturated carbocycles. The molecule has 0 aliphatic rings. The predicted molar refractivity (Wildman–Crippen MR) is 137 cm³/mol. The fourth-order valence-electron chi connectivity index (χ4n) is 0.772. The predicted octanol–water partition coefficient (Wildman–Crippen LogP) is 10.7. The normalized spacial score (nSPS) is 17.0. The lowest BCUT2D eigenvalue weighted by molar-refractivity contribution is 0.401. The highest BCUT2D eigenvalue weighted by Gasteiger charge is 2.09. The van der Waals surface area contributed by atoms with Gasteiger partial charge in [-0.1, -0.05) is 31.9 Å². The zero-order valence-corrected chi connectivity index (χ0v) is 26.4. The molecular formula is C12H4Br10O. The van der Waals surface area contributed by atoms with Crippen molar-refractivity contribution in [2.75, 3.05) is 0 Å². The molecule has 0 rings (SSSR count). The fourth-order valence-corrected chi connectivity index (χ4v) is 5.19. The summed E-state index contributed by atoms with van der Waals surface area (Å²) in [6.07, 6.45) is 3.09. The second-order valence-corrected chi connectivity index (χ2v) is 10.7. The smallest absolute Gasteiger partial charge is 0.106 e. The first-order valence-electron chi connectivity index (χ1n) is 5.07. The summed E-state index contributed by atoms with van der Waals surface area (Å²) in [5, 5.41) is 0. The molecule has 0 radical (unpaired) electrons. The molecule has 0 aliphatic heterocycles. The van der Waals surface area contributed by atoms with Crippen LogP contribution in [0.4, 0.5) is 0 Å². The molecule has 0 aromatic carbocycles. The van der Waals surface area contributed by atoms with Gasteiger partial charge in [-0.05, 0) is 137 Å². The Morgan fingerprint density at radius 3 is 1.00 bits per heavy atom. The van der Waals surface area contributed by atoms with E-state index in [2.05, 4.69) is 159 Å². The second kappa shape index (κ2) is 14.1. The quantitative estimate of drug-likeness (QED) is 0.190. The van der Waals surface area contributed by atoms with Crippen molar-refractivity contribution < 1.29 is 4.74 Å². The van der Waals surface area contributed by atoms with Crippen LogP contribution < -0.4 is 0 Å². The molecule has 0 saturated heterocycles. The number of allylic oxidation sites excluding steroid dienone is 8. The summed E-state index contributed by atoms with van der Waals surface area (Å²) in [4.78, 5) is 3.48. The first kappa shape index (κ1) is 26.0. The Balaban J connectivity index is 5.26. The number of hydrogen-bond acceptors (Lipinski definition) is 1. The Kier molecular flexibility index (Phi) is 16.0. The van der Waals surface area contributed by atoms with Crippen LogP contribution in [-0.2, 0) is 4.74 Å². The molecule has 0 aromatic rings. The van der Waals surface area contributed by atoms with Gasteiger partial charge in [0.05, 0.1) is 17.9 Å². The number of ether oxygens (including phenoxy) is 1. The minimum atomic E-state index is 0.716. The van der Waals surface area contributed by atoms with E-state index in [0.717, 1.165) is 26.9 Å². The Morgan fingerprint density at radius 2 is 0.739 bits per heavy atom. The summed E-state index contributed by atoms with van der Waals surface area (Å²) in [5.41, 5.74) is 0. The summed E-state index contributed by atoms with van der Waals surface area (Å²) in [6, 6.07) is 0. The number of rotatable bonds is 6.